The van der Waals surface area contributed by atoms with Crippen LogP contribution in [-0.2, 0) is 10.0 Å². The molecule has 1 aromatic heterocycles. The highest BCUT2D eigenvalue weighted by Gasteiger charge is 2.25. The van der Waals surface area contributed by atoms with E-state index in [1.807, 2.05) is 0 Å². The Morgan fingerprint density at radius 1 is 1.35 bits per heavy atom. The van der Waals surface area contributed by atoms with E-state index in [2.05, 4.69) is 15.1 Å². The van der Waals surface area contributed by atoms with Crippen LogP contribution in [0.2, 0.25) is 0 Å². The van der Waals surface area contributed by atoms with Gasteiger partial charge < -0.3 is 5.43 Å². The molecule has 0 unspecified atom stereocenters. The summed E-state index contributed by atoms with van der Waals surface area (Å²) in [6, 6.07) is 3.23. The lowest BCUT2D eigenvalue weighted by Gasteiger charge is -2.13. The summed E-state index contributed by atoms with van der Waals surface area (Å²) in [5, 5.41) is -0.0469. The Labute approximate surface area is 101 Å². The summed E-state index contributed by atoms with van der Waals surface area (Å²) in [4.78, 5) is 3.87. The summed E-state index contributed by atoms with van der Waals surface area (Å²) in [6.07, 6.45) is 5.34. The minimum atomic E-state index is -3.59. The number of nitrogen functional groups attached to an aromatic ring is 1. The van der Waals surface area contributed by atoms with Crippen molar-refractivity contribution < 1.29 is 8.42 Å². The van der Waals surface area contributed by atoms with Gasteiger partial charge in [0.05, 0.1) is 5.69 Å². The first-order valence-corrected chi connectivity index (χ1v) is 7.06. The van der Waals surface area contributed by atoms with Gasteiger partial charge in [-0.2, -0.15) is 0 Å². The van der Waals surface area contributed by atoms with Crippen LogP contribution in [0.15, 0.2) is 23.4 Å². The number of nitrogens with two attached hydrogens (primary N) is 1. The van der Waals surface area contributed by atoms with Gasteiger partial charge in [0, 0.05) is 12.2 Å². The minimum absolute atomic E-state index is 0.0210. The van der Waals surface area contributed by atoms with Gasteiger partial charge in [-0.3, -0.25) is 5.84 Å². The first-order valence-electron chi connectivity index (χ1n) is 5.57. The van der Waals surface area contributed by atoms with E-state index in [4.69, 9.17) is 5.84 Å². The number of sulfonamides is 1. The van der Waals surface area contributed by atoms with E-state index in [0.29, 0.717) is 5.69 Å². The zero-order chi connectivity index (χ0) is 12.3. The lowest BCUT2D eigenvalue weighted by Crippen LogP contribution is -2.33. The molecule has 0 atom stereocenters. The highest BCUT2D eigenvalue weighted by atomic mass is 32.2. The molecule has 2 rings (SSSR count). The van der Waals surface area contributed by atoms with Crippen molar-refractivity contribution in [2.45, 2.75) is 36.8 Å². The molecule has 4 N–H and O–H groups in total. The van der Waals surface area contributed by atoms with Crippen LogP contribution in [-0.4, -0.2) is 19.4 Å². The average Bonchev–Trinajstić information content (AvgIpc) is 2.81. The Kier molecular flexibility index (Phi) is 3.60. The van der Waals surface area contributed by atoms with E-state index in [1.54, 1.807) is 12.1 Å². The first-order chi connectivity index (χ1) is 8.13. The molecule has 1 heterocycles. The number of rotatable bonds is 4. The zero-order valence-electron chi connectivity index (χ0n) is 9.39. The molecule has 0 aliphatic heterocycles. The van der Waals surface area contributed by atoms with Crippen LogP contribution in [0.1, 0.15) is 25.7 Å². The molecule has 0 spiro atoms. The van der Waals surface area contributed by atoms with Crippen molar-refractivity contribution in [2.24, 2.45) is 5.84 Å². The predicted octanol–water partition coefficient (Wildman–Crippen LogP) is 0.588. The topological polar surface area (TPSA) is 97.1 Å². The van der Waals surface area contributed by atoms with Crippen molar-refractivity contribution in [2.75, 3.05) is 5.43 Å². The third-order valence-electron chi connectivity index (χ3n) is 2.86. The monoisotopic (exact) mass is 256 g/mol. The molecule has 0 radical (unpaired) electrons. The maximum atomic E-state index is 12.1. The molecule has 0 bridgehead atoms. The molecule has 94 valence electrons. The van der Waals surface area contributed by atoms with E-state index in [1.165, 1.54) is 6.20 Å². The van der Waals surface area contributed by atoms with Crippen molar-refractivity contribution in [3.8, 4) is 0 Å². The number of hydrogen-bond donors (Lipinski definition) is 3. The second kappa shape index (κ2) is 4.99. The SMILES string of the molecule is NNc1cccnc1S(=O)(=O)NC1CCCC1. The van der Waals surface area contributed by atoms with Crippen molar-refractivity contribution in [1.29, 1.82) is 0 Å². The molecule has 1 fully saturated rings. The van der Waals surface area contributed by atoms with Crippen LogP contribution in [0.4, 0.5) is 5.69 Å². The third-order valence-corrected chi connectivity index (χ3v) is 4.34. The number of hydrazine groups is 1. The van der Waals surface area contributed by atoms with Crippen molar-refractivity contribution >= 4 is 15.7 Å². The zero-order valence-corrected chi connectivity index (χ0v) is 10.2. The Morgan fingerprint density at radius 3 is 2.71 bits per heavy atom. The van der Waals surface area contributed by atoms with Gasteiger partial charge in [0.25, 0.3) is 10.0 Å². The van der Waals surface area contributed by atoms with E-state index < -0.39 is 10.0 Å². The minimum Gasteiger partial charge on any atom is -0.321 e. The molecule has 1 aromatic rings. The standard InChI is InChI=1S/C10H16N4O2S/c11-13-9-6-3-7-12-10(9)17(15,16)14-8-4-1-2-5-8/h3,6-8,13-14H,1-2,4-5,11H2. The molecule has 0 amide bonds. The Bertz CT molecular complexity index is 483. The Morgan fingerprint density at radius 2 is 2.06 bits per heavy atom. The van der Waals surface area contributed by atoms with Gasteiger partial charge >= 0.3 is 0 Å². The van der Waals surface area contributed by atoms with E-state index in [0.717, 1.165) is 25.7 Å². The number of pyridine rings is 1. The summed E-state index contributed by atoms with van der Waals surface area (Å²) < 4.78 is 26.9. The number of nitrogens with zero attached hydrogens (tertiary/aromatic N) is 1. The smallest absolute Gasteiger partial charge is 0.260 e. The number of hydrogen-bond acceptors (Lipinski definition) is 5. The molecule has 7 heteroatoms. The fourth-order valence-electron chi connectivity index (χ4n) is 2.03. The molecular weight excluding hydrogens is 240 g/mol. The van der Waals surface area contributed by atoms with Crippen LogP contribution in [0.3, 0.4) is 0 Å². The lowest BCUT2D eigenvalue weighted by molar-refractivity contribution is 0.549. The van der Waals surface area contributed by atoms with Crippen LogP contribution in [0, 0.1) is 0 Å². The molecule has 17 heavy (non-hydrogen) atoms. The van der Waals surface area contributed by atoms with Gasteiger partial charge in [0.1, 0.15) is 0 Å². The molecule has 0 saturated heterocycles. The van der Waals surface area contributed by atoms with Gasteiger partial charge in [-0.25, -0.2) is 18.1 Å². The van der Waals surface area contributed by atoms with Gasteiger partial charge in [0.2, 0.25) is 0 Å². The van der Waals surface area contributed by atoms with Gasteiger partial charge in [-0.15, -0.1) is 0 Å². The number of anilines is 1. The summed E-state index contributed by atoms with van der Waals surface area (Å²) in [6.45, 7) is 0. The van der Waals surface area contributed by atoms with Gasteiger partial charge in [0.15, 0.2) is 5.03 Å². The van der Waals surface area contributed by atoms with E-state index in [9.17, 15) is 8.42 Å². The molecule has 0 aromatic carbocycles. The highest BCUT2D eigenvalue weighted by Crippen LogP contribution is 2.22. The first kappa shape index (κ1) is 12.3. The van der Waals surface area contributed by atoms with E-state index >= 15 is 0 Å². The largest absolute Gasteiger partial charge is 0.321 e. The molecule has 6 nitrogen and oxygen atoms in total. The summed E-state index contributed by atoms with van der Waals surface area (Å²) in [5.74, 6) is 5.27. The van der Waals surface area contributed by atoms with Crippen LogP contribution in [0.25, 0.3) is 0 Å². The van der Waals surface area contributed by atoms with Gasteiger partial charge in [-0.05, 0) is 25.0 Å². The maximum absolute atomic E-state index is 12.1. The fraction of sp³-hybridized carbons (Fsp3) is 0.500. The molecule has 1 aliphatic rings. The van der Waals surface area contributed by atoms with Gasteiger partial charge in [-0.1, -0.05) is 12.8 Å². The average molecular weight is 256 g/mol. The molecular formula is C10H16N4O2S. The third kappa shape index (κ3) is 2.74. The maximum Gasteiger partial charge on any atom is 0.260 e. The van der Waals surface area contributed by atoms with Crippen molar-refractivity contribution in [1.82, 2.24) is 9.71 Å². The lowest BCUT2D eigenvalue weighted by atomic mass is 10.3. The fourth-order valence-corrected chi connectivity index (χ4v) is 3.44. The normalized spacial score (nSPS) is 17.2. The van der Waals surface area contributed by atoms with Crippen molar-refractivity contribution in [3.63, 3.8) is 0 Å². The van der Waals surface area contributed by atoms with Crippen LogP contribution in [0.5, 0.6) is 0 Å². The highest BCUT2D eigenvalue weighted by molar-refractivity contribution is 7.89. The summed E-state index contributed by atoms with van der Waals surface area (Å²) in [7, 11) is -3.59. The van der Waals surface area contributed by atoms with Crippen LogP contribution >= 0.6 is 0 Å². The Hall–Kier alpha value is -1.18. The van der Waals surface area contributed by atoms with E-state index in [-0.39, 0.29) is 11.1 Å². The van der Waals surface area contributed by atoms with Crippen LogP contribution < -0.4 is 16.0 Å². The Balaban J connectivity index is 2.24. The predicted molar refractivity (Wildman–Crippen MR) is 64.6 cm³/mol. The second-order valence-corrected chi connectivity index (χ2v) is 5.73. The van der Waals surface area contributed by atoms with Crippen molar-refractivity contribution in [3.05, 3.63) is 18.3 Å². The number of nitrogens with one attached hydrogen (secondary N) is 2. The summed E-state index contributed by atoms with van der Waals surface area (Å²) in [5.41, 5.74) is 2.65. The number of aromatic nitrogens is 1. The molecule has 1 saturated carbocycles. The summed E-state index contributed by atoms with van der Waals surface area (Å²) >= 11 is 0. The second-order valence-electron chi connectivity index (χ2n) is 4.10. The molecule has 1 aliphatic carbocycles. The quantitative estimate of drug-likeness (QED) is 0.541.